The van der Waals surface area contributed by atoms with Crippen LogP contribution < -0.4 is 5.32 Å². The Morgan fingerprint density at radius 1 is 1.38 bits per heavy atom. The highest BCUT2D eigenvalue weighted by molar-refractivity contribution is 7.15. The predicted octanol–water partition coefficient (Wildman–Crippen LogP) is 1.55. The molecule has 0 bridgehead atoms. The number of nitrogens with zero attached hydrogens (tertiary/aromatic N) is 3. The lowest BCUT2D eigenvalue weighted by molar-refractivity contribution is 0.0327. The molecular formula is C14H26N4O2S. The second-order valence-electron chi connectivity index (χ2n) is 5.93. The van der Waals surface area contributed by atoms with Crippen molar-refractivity contribution >= 4 is 16.5 Å². The number of likely N-dealkylation sites (tertiary alicyclic amines) is 1. The van der Waals surface area contributed by atoms with E-state index in [0.29, 0.717) is 25.1 Å². The lowest BCUT2D eigenvalue weighted by Crippen LogP contribution is -2.43. The lowest BCUT2D eigenvalue weighted by atomic mass is 10.1. The van der Waals surface area contributed by atoms with Crippen molar-refractivity contribution < 1.29 is 9.84 Å². The number of rotatable bonds is 7. The van der Waals surface area contributed by atoms with E-state index in [1.807, 2.05) is 0 Å². The molecule has 0 aliphatic carbocycles. The van der Waals surface area contributed by atoms with Crippen LogP contribution in [0.15, 0.2) is 0 Å². The molecule has 0 saturated carbocycles. The van der Waals surface area contributed by atoms with Crippen LogP contribution in [0.3, 0.4) is 0 Å². The van der Waals surface area contributed by atoms with Gasteiger partial charge in [0.05, 0.1) is 12.7 Å². The van der Waals surface area contributed by atoms with Gasteiger partial charge < -0.3 is 20.1 Å². The van der Waals surface area contributed by atoms with Crippen molar-refractivity contribution in [3.05, 3.63) is 5.01 Å². The molecule has 7 heteroatoms. The number of aromatic nitrogens is 2. The molecule has 0 amide bonds. The van der Waals surface area contributed by atoms with Crippen LogP contribution in [0.2, 0.25) is 0 Å². The number of hydrogen-bond donors (Lipinski definition) is 2. The summed E-state index contributed by atoms with van der Waals surface area (Å²) in [6.07, 6.45) is 1.74. The highest BCUT2D eigenvalue weighted by atomic mass is 32.1. The van der Waals surface area contributed by atoms with Crippen LogP contribution in [-0.2, 0) is 4.74 Å². The fourth-order valence-electron chi connectivity index (χ4n) is 2.50. The maximum absolute atomic E-state index is 9.76. The average molecular weight is 314 g/mol. The van der Waals surface area contributed by atoms with Crippen LogP contribution in [0, 0.1) is 0 Å². The second kappa shape index (κ2) is 8.03. The fourth-order valence-corrected chi connectivity index (χ4v) is 3.33. The molecule has 0 radical (unpaired) electrons. The zero-order chi connectivity index (χ0) is 15.2. The van der Waals surface area contributed by atoms with Crippen molar-refractivity contribution in [2.75, 3.05) is 38.7 Å². The summed E-state index contributed by atoms with van der Waals surface area (Å²) in [5.74, 6) is 0.433. The number of piperidine rings is 1. The Kier molecular flexibility index (Phi) is 6.35. The standard InChI is InChI=1S/C14H26N4O2S/c1-10(2)13-16-17-14(21-13)15-11-4-6-18(7-5-11)8-12(19)9-20-3/h10-12,19H,4-9H2,1-3H3,(H,15,17). The highest BCUT2D eigenvalue weighted by Crippen LogP contribution is 2.24. The SMILES string of the molecule is COCC(O)CN1CCC(Nc2nnc(C(C)C)s2)CC1. The van der Waals surface area contributed by atoms with Crippen molar-refractivity contribution in [2.24, 2.45) is 0 Å². The van der Waals surface area contributed by atoms with Gasteiger partial charge in [0.1, 0.15) is 5.01 Å². The van der Waals surface area contributed by atoms with E-state index in [1.54, 1.807) is 18.4 Å². The molecule has 1 saturated heterocycles. The normalized spacial score (nSPS) is 19.1. The summed E-state index contributed by atoms with van der Waals surface area (Å²) in [6.45, 7) is 7.35. The molecule has 2 heterocycles. The average Bonchev–Trinajstić information content (AvgIpc) is 2.90. The summed E-state index contributed by atoms with van der Waals surface area (Å²) in [7, 11) is 1.62. The third-order valence-electron chi connectivity index (χ3n) is 3.68. The third kappa shape index (κ3) is 5.18. The number of methoxy groups -OCH3 is 1. The van der Waals surface area contributed by atoms with Crippen molar-refractivity contribution in [1.29, 1.82) is 0 Å². The Morgan fingerprint density at radius 2 is 2.10 bits per heavy atom. The van der Waals surface area contributed by atoms with Crippen molar-refractivity contribution in [3.8, 4) is 0 Å². The first-order chi connectivity index (χ1) is 10.1. The molecule has 120 valence electrons. The summed E-state index contributed by atoms with van der Waals surface area (Å²) in [5.41, 5.74) is 0. The molecule has 1 aliphatic heterocycles. The Balaban J connectivity index is 1.73. The molecule has 0 aromatic carbocycles. The van der Waals surface area contributed by atoms with E-state index in [2.05, 4.69) is 34.3 Å². The van der Waals surface area contributed by atoms with Gasteiger partial charge in [-0.25, -0.2) is 0 Å². The topological polar surface area (TPSA) is 70.5 Å². The smallest absolute Gasteiger partial charge is 0.205 e. The largest absolute Gasteiger partial charge is 0.389 e. The molecule has 1 unspecified atom stereocenters. The van der Waals surface area contributed by atoms with Crippen molar-refractivity contribution in [3.63, 3.8) is 0 Å². The number of ether oxygens (including phenoxy) is 1. The van der Waals surface area contributed by atoms with Gasteiger partial charge in [-0.15, -0.1) is 10.2 Å². The Hall–Kier alpha value is -0.760. The van der Waals surface area contributed by atoms with Gasteiger partial charge in [0, 0.05) is 38.7 Å². The van der Waals surface area contributed by atoms with Gasteiger partial charge in [0.2, 0.25) is 5.13 Å². The summed E-state index contributed by atoms with van der Waals surface area (Å²) in [6, 6.07) is 0.453. The van der Waals surface area contributed by atoms with E-state index in [1.165, 1.54) is 0 Å². The van der Waals surface area contributed by atoms with Gasteiger partial charge in [0.25, 0.3) is 0 Å². The number of aliphatic hydroxyl groups is 1. The number of β-amino-alcohol motifs (C(OH)–C–C–N with tert-alkyl or cyclic N) is 1. The molecule has 1 atom stereocenters. The molecule has 2 N–H and O–H groups in total. The quantitative estimate of drug-likeness (QED) is 0.796. The third-order valence-corrected chi connectivity index (χ3v) is 4.83. The van der Waals surface area contributed by atoms with E-state index < -0.39 is 6.10 Å². The summed E-state index contributed by atoms with van der Waals surface area (Å²) < 4.78 is 4.96. The number of anilines is 1. The zero-order valence-electron chi connectivity index (χ0n) is 13.1. The van der Waals surface area contributed by atoms with Gasteiger partial charge >= 0.3 is 0 Å². The van der Waals surface area contributed by atoms with Gasteiger partial charge in [-0.2, -0.15) is 0 Å². The minimum absolute atomic E-state index is 0.392. The van der Waals surface area contributed by atoms with Crippen LogP contribution >= 0.6 is 11.3 Å². The van der Waals surface area contributed by atoms with Crippen LogP contribution in [0.5, 0.6) is 0 Å². The molecule has 6 nitrogen and oxygen atoms in total. The van der Waals surface area contributed by atoms with Crippen LogP contribution in [0.25, 0.3) is 0 Å². The monoisotopic (exact) mass is 314 g/mol. The fraction of sp³-hybridized carbons (Fsp3) is 0.857. The molecule has 1 aromatic rings. The summed E-state index contributed by atoms with van der Waals surface area (Å²) >= 11 is 1.65. The highest BCUT2D eigenvalue weighted by Gasteiger charge is 2.22. The summed E-state index contributed by atoms with van der Waals surface area (Å²) in [4.78, 5) is 2.29. The Morgan fingerprint density at radius 3 is 2.67 bits per heavy atom. The van der Waals surface area contributed by atoms with E-state index in [9.17, 15) is 5.11 Å². The molecule has 0 spiro atoms. The number of nitrogens with one attached hydrogen (secondary N) is 1. The Bertz CT molecular complexity index is 419. The van der Waals surface area contributed by atoms with E-state index >= 15 is 0 Å². The van der Waals surface area contributed by atoms with E-state index in [4.69, 9.17) is 4.74 Å². The molecule has 1 aromatic heterocycles. The Labute approximate surface area is 130 Å². The lowest BCUT2D eigenvalue weighted by Gasteiger charge is -2.33. The predicted molar refractivity (Wildman–Crippen MR) is 85.0 cm³/mol. The van der Waals surface area contributed by atoms with E-state index in [0.717, 1.165) is 36.1 Å². The van der Waals surface area contributed by atoms with Gasteiger partial charge in [0.15, 0.2) is 0 Å². The van der Waals surface area contributed by atoms with Crippen molar-refractivity contribution in [1.82, 2.24) is 15.1 Å². The molecular weight excluding hydrogens is 288 g/mol. The van der Waals surface area contributed by atoms with Gasteiger partial charge in [-0.05, 0) is 12.8 Å². The van der Waals surface area contributed by atoms with Crippen molar-refractivity contribution in [2.45, 2.75) is 44.8 Å². The molecule has 21 heavy (non-hydrogen) atoms. The van der Waals surface area contributed by atoms with Crippen LogP contribution in [-0.4, -0.2) is 65.7 Å². The first kappa shape index (κ1) is 16.6. The first-order valence-electron chi connectivity index (χ1n) is 7.57. The molecule has 1 aliphatic rings. The van der Waals surface area contributed by atoms with Gasteiger partial charge in [-0.3, -0.25) is 0 Å². The van der Waals surface area contributed by atoms with Crippen LogP contribution in [0.4, 0.5) is 5.13 Å². The zero-order valence-corrected chi connectivity index (χ0v) is 13.9. The second-order valence-corrected chi connectivity index (χ2v) is 6.94. The number of aliphatic hydroxyl groups excluding tert-OH is 1. The van der Waals surface area contributed by atoms with Gasteiger partial charge in [-0.1, -0.05) is 25.2 Å². The summed E-state index contributed by atoms with van der Waals surface area (Å²) in [5, 5.41) is 23.7. The molecule has 2 rings (SSSR count). The maximum Gasteiger partial charge on any atom is 0.205 e. The molecule has 1 fully saturated rings. The maximum atomic E-state index is 9.76. The minimum atomic E-state index is -0.392. The van der Waals surface area contributed by atoms with E-state index in [-0.39, 0.29) is 0 Å². The first-order valence-corrected chi connectivity index (χ1v) is 8.39. The minimum Gasteiger partial charge on any atom is -0.389 e. The number of hydrogen-bond acceptors (Lipinski definition) is 7. The van der Waals surface area contributed by atoms with Crippen LogP contribution in [0.1, 0.15) is 37.6 Å².